The molecular formula is C17H19FN2O3. The van der Waals surface area contributed by atoms with Gasteiger partial charge in [0.05, 0.1) is 6.20 Å². The Kier molecular flexibility index (Phi) is 4.71. The van der Waals surface area contributed by atoms with E-state index in [2.05, 4.69) is 4.98 Å². The summed E-state index contributed by atoms with van der Waals surface area (Å²) in [5.41, 5.74) is 0.952. The van der Waals surface area contributed by atoms with Crippen molar-refractivity contribution in [3.63, 3.8) is 0 Å². The number of aromatic nitrogens is 1. The Hall–Kier alpha value is -2.21. The molecular weight excluding hydrogens is 299 g/mol. The van der Waals surface area contributed by atoms with Gasteiger partial charge in [0, 0.05) is 20.1 Å². The van der Waals surface area contributed by atoms with Crippen LogP contribution >= 0.6 is 0 Å². The van der Waals surface area contributed by atoms with Crippen molar-refractivity contribution in [1.82, 2.24) is 9.88 Å². The van der Waals surface area contributed by atoms with Gasteiger partial charge in [-0.15, -0.1) is 0 Å². The van der Waals surface area contributed by atoms with Crippen molar-refractivity contribution in [3.05, 3.63) is 53.5 Å². The molecule has 1 aliphatic heterocycles. The highest BCUT2D eigenvalue weighted by Gasteiger charge is 2.33. The molecule has 1 aliphatic rings. The first-order valence-electron chi connectivity index (χ1n) is 7.65. The molecule has 1 saturated heterocycles. The van der Waals surface area contributed by atoms with Gasteiger partial charge in [-0.3, -0.25) is 4.79 Å². The molecule has 6 heteroatoms. The highest BCUT2D eigenvalue weighted by Crippen LogP contribution is 2.31. The maximum atomic E-state index is 12.9. The summed E-state index contributed by atoms with van der Waals surface area (Å²) in [5.74, 6) is 0.959. The van der Waals surface area contributed by atoms with Crippen molar-refractivity contribution < 1.29 is 18.3 Å². The number of halogens is 1. The quantitative estimate of drug-likeness (QED) is 0.850. The maximum Gasteiger partial charge on any atom is 0.249 e. The SMILES string of the molecule is COCC(=O)N1CCC[C@@H]1c1ncc(Cc2ccc(F)cc2)o1. The van der Waals surface area contributed by atoms with Crippen LogP contribution < -0.4 is 0 Å². The Morgan fingerprint density at radius 1 is 1.43 bits per heavy atom. The molecule has 1 amide bonds. The van der Waals surface area contributed by atoms with Gasteiger partial charge in [-0.2, -0.15) is 0 Å². The number of methoxy groups -OCH3 is 1. The van der Waals surface area contributed by atoms with Crippen molar-refractivity contribution >= 4 is 5.91 Å². The molecule has 0 saturated carbocycles. The normalized spacial score (nSPS) is 17.7. The van der Waals surface area contributed by atoms with E-state index in [1.807, 2.05) is 0 Å². The van der Waals surface area contributed by atoms with E-state index in [1.165, 1.54) is 19.2 Å². The minimum Gasteiger partial charge on any atom is -0.443 e. The molecule has 1 aromatic carbocycles. The molecule has 1 fully saturated rings. The fourth-order valence-corrected chi connectivity index (χ4v) is 2.89. The van der Waals surface area contributed by atoms with Gasteiger partial charge in [0.2, 0.25) is 11.8 Å². The molecule has 0 unspecified atom stereocenters. The number of rotatable bonds is 5. The van der Waals surface area contributed by atoms with Gasteiger partial charge in [-0.05, 0) is 30.5 Å². The second-order valence-corrected chi connectivity index (χ2v) is 5.65. The molecule has 1 atom stereocenters. The van der Waals surface area contributed by atoms with Gasteiger partial charge >= 0.3 is 0 Å². The van der Waals surface area contributed by atoms with E-state index < -0.39 is 0 Å². The first-order chi connectivity index (χ1) is 11.2. The van der Waals surface area contributed by atoms with Crippen LogP contribution in [0.15, 0.2) is 34.9 Å². The van der Waals surface area contributed by atoms with Gasteiger partial charge < -0.3 is 14.1 Å². The van der Waals surface area contributed by atoms with Crippen LogP contribution in [0.4, 0.5) is 4.39 Å². The van der Waals surface area contributed by atoms with Gasteiger partial charge in [-0.1, -0.05) is 12.1 Å². The Bertz CT molecular complexity index is 669. The molecule has 5 nitrogen and oxygen atoms in total. The molecule has 3 rings (SSSR count). The average Bonchev–Trinajstić information content (AvgIpc) is 3.18. The lowest BCUT2D eigenvalue weighted by Gasteiger charge is -2.21. The Morgan fingerprint density at radius 2 is 2.22 bits per heavy atom. The minimum absolute atomic E-state index is 0.0479. The molecule has 0 aliphatic carbocycles. The zero-order valence-corrected chi connectivity index (χ0v) is 13.0. The van der Waals surface area contributed by atoms with E-state index in [4.69, 9.17) is 9.15 Å². The second kappa shape index (κ2) is 6.91. The van der Waals surface area contributed by atoms with Crippen LogP contribution in [0.5, 0.6) is 0 Å². The lowest BCUT2D eigenvalue weighted by atomic mass is 10.1. The van der Waals surface area contributed by atoms with Gasteiger partial charge in [0.25, 0.3) is 0 Å². The van der Waals surface area contributed by atoms with Crippen molar-refractivity contribution in [2.75, 3.05) is 20.3 Å². The largest absolute Gasteiger partial charge is 0.443 e. The van der Waals surface area contributed by atoms with Crippen molar-refractivity contribution in [3.8, 4) is 0 Å². The summed E-state index contributed by atoms with van der Waals surface area (Å²) in [4.78, 5) is 18.1. The first-order valence-corrected chi connectivity index (χ1v) is 7.65. The van der Waals surface area contributed by atoms with Crippen LogP contribution in [0.25, 0.3) is 0 Å². The number of benzene rings is 1. The number of hydrogen-bond acceptors (Lipinski definition) is 4. The van der Waals surface area contributed by atoms with Crippen LogP contribution in [0.3, 0.4) is 0 Å². The van der Waals surface area contributed by atoms with Crippen LogP contribution in [0, 0.1) is 5.82 Å². The summed E-state index contributed by atoms with van der Waals surface area (Å²) in [6.07, 6.45) is 3.99. The lowest BCUT2D eigenvalue weighted by molar-refractivity contribution is -0.136. The standard InChI is InChI=1S/C17H19FN2O3/c1-22-11-16(21)20-8-2-3-15(20)17-19-10-14(23-17)9-12-4-6-13(18)7-5-12/h4-7,10,15H,2-3,8-9,11H2,1H3/t15-/m1/s1. The van der Waals surface area contributed by atoms with Crippen molar-refractivity contribution in [1.29, 1.82) is 0 Å². The third kappa shape index (κ3) is 3.59. The topological polar surface area (TPSA) is 55.6 Å². The fourth-order valence-electron chi connectivity index (χ4n) is 2.89. The van der Waals surface area contributed by atoms with Crippen molar-refractivity contribution in [2.24, 2.45) is 0 Å². The number of carbonyl (C=O) groups excluding carboxylic acids is 1. The average molecular weight is 318 g/mol. The number of ether oxygens (including phenoxy) is 1. The number of hydrogen-bond donors (Lipinski definition) is 0. The van der Waals surface area contributed by atoms with E-state index >= 15 is 0 Å². The monoisotopic (exact) mass is 318 g/mol. The number of likely N-dealkylation sites (tertiary alicyclic amines) is 1. The summed E-state index contributed by atoms with van der Waals surface area (Å²) >= 11 is 0. The molecule has 1 aromatic heterocycles. The first kappa shape index (κ1) is 15.7. The molecule has 2 aromatic rings. The molecule has 2 heterocycles. The lowest BCUT2D eigenvalue weighted by Crippen LogP contribution is -2.33. The number of oxazole rings is 1. The molecule has 0 N–H and O–H groups in total. The van der Waals surface area contributed by atoms with Crippen molar-refractivity contribution in [2.45, 2.75) is 25.3 Å². The maximum absolute atomic E-state index is 12.9. The zero-order chi connectivity index (χ0) is 16.2. The summed E-state index contributed by atoms with van der Waals surface area (Å²) in [6, 6.07) is 6.17. The molecule has 122 valence electrons. The van der Waals surface area contributed by atoms with E-state index in [9.17, 15) is 9.18 Å². The van der Waals surface area contributed by atoms with Crippen LogP contribution in [-0.2, 0) is 16.0 Å². The second-order valence-electron chi connectivity index (χ2n) is 5.65. The summed E-state index contributed by atoms with van der Waals surface area (Å²) in [7, 11) is 1.51. The highest BCUT2D eigenvalue weighted by molar-refractivity contribution is 5.78. The highest BCUT2D eigenvalue weighted by atomic mass is 19.1. The molecule has 0 spiro atoms. The third-order valence-electron chi connectivity index (χ3n) is 3.99. The summed E-state index contributed by atoms with van der Waals surface area (Å²) < 4.78 is 23.7. The van der Waals surface area contributed by atoms with Gasteiger partial charge in [0.15, 0.2) is 0 Å². The smallest absolute Gasteiger partial charge is 0.249 e. The Labute approximate surface area is 134 Å². The van der Waals surface area contributed by atoms with Crippen LogP contribution in [0.2, 0.25) is 0 Å². The fraction of sp³-hybridized carbons (Fsp3) is 0.412. The van der Waals surface area contributed by atoms with E-state index in [1.54, 1.807) is 23.2 Å². The zero-order valence-electron chi connectivity index (χ0n) is 13.0. The van der Waals surface area contributed by atoms with E-state index in [0.29, 0.717) is 24.6 Å². The van der Waals surface area contributed by atoms with Crippen LogP contribution in [-0.4, -0.2) is 36.1 Å². The number of nitrogens with zero attached hydrogens (tertiary/aromatic N) is 2. The molecule has 0 radical (unpaired) electrons. The summed E-state index contributed by atoms with van der Waals surface area (Å²) in [6.45, 7) is 0.766. The van der Waals surface area contributed by atoms with Gasteiger partial charge in [-0.25, -0.2) is 9.37 Å². The summed E-state index contributed by atoms with van der Waals surface area (Å²) in [5, 5.41) is 0. The van der Waals surface area contributed by atoms with Crippen LogP contribution in [0.1, 0.15) is 36.1 Å². The molecule has 23 heavy (non-hydrogen) atoms. The third-order valence-corrected chi connectivity index (χ3v) is 3.99. The Morgan fingerprint density at radius 3 is 2.96 bits per heavy atom. The predicted molar refractivity (Wildman–Crippen MR) is 81.3 cm³/mol. The molecule has 0 bridgehead atoms. The predicted octanol–water partition coefficient (Wildman–Crippen LogP) is 2.71. The van der Waals surface area contributed by atoms with E-state index in [-0.39, 0.29) is 24.4 Å². The Balaban J connectivity index is 1.70. The number of carbonyl (C=O) groups is 1. The van der Waals surface area contributed by atoms with Gasteiger partial charge in [0.1, 0.15) is 24.2 Å². The number of amides is 1. The van der Waals surface area contributed by atoms with E-state index in [0.717, 1.165) is 18.4 Å². The minimum atomic E-state index is -0.259.